The number of amides is 2. The van der Waals surface area contributed by atoms with Crippen molar-refractivity contribution in [2.24, 2.45) is 5.41 Å². The molecule has 0 spiro atoms. The lowest BCUT2D eigenvalue weighted by Gasteiger charge is -2.28. The van der Waals surface area contributed by atoms with Gasteiger partial charge in [-0.25, -0.2) is 0 Å². The Morgan fingerprint density at radius 2 is 1.19 bits per heavy atom. The van der Waals surface area contributed by atoms with Gasteiger partial charge in [0.2, 0.25) is 11.8 Å². The lowest BCUT2D eigenvalue weighted by molar-refractivity contribution is -0.121. The average molecular weight is 425 g/mol. The maximum atomic E-state index is 12.9. The zero-order chi connectivity index (χ0) is 22.1. The first-order valence-electron chi connectivity index (χ1n) is 11.1. The van der Waals surface area contributed by atoms with E-state index in [4.69, 9.17) is 9.47 Å². The number of rotatable bonds is 10. The number of hydrogen-bond donors (Lipinski definition) is 2. The molecule has 6 heteroatoms. The minimum atomic E-state index is -0.324. The number of benzene rings is 2. The predicted molar refractivity (Wildman–Crippen MR) is 123 cm³/mol. The van der Waals surface area contributed by atoms with Gasteiger partial charge in [-0.05, 0) is 56.4 Å². The van der Waals surface area contributed by atoms with Gasteiger partial charge in [0.05, 0.1) is 24.6 Å². The van der Waals surface area contributed by atoms with Crippen LogP contribution in [0.1, 0.15) is 52.4 Å². The summed E-state index contributed by atoms with van der Waals surface area (Å²) in [5.41, 5.74) is 1.00. The molecule has 1 aliphatic rings. The fourth-order valence-corrected chi connectivity index (χ4v) is 4.31. The third kappa shape index (κ3) is 6.23. The highest BCUT2D eigenvalue weighted by Gasteiger charge is 2.38. The van der Waals surface area contributed by atoms with Gasteiger partial charge in [-0.15, -0.1) is 0 Å². The van der Waals surface area contributed by atoms with Crippen LogP contribution >= 0.6 is 0 Å². The summed E-state index contributed by atoms with van der Waals surface area (Å²) in [6.07, 6.45) is 4.43. The number of anilines is 2. The van der Waals surface area contributed by atoms with E-state index < -0.39 is 0 Å². The predicted octanol–water partition coefficient (Wildman–Crippen LogP) is 5.40. The molecule has 1 fully saturated rings. The van der Waals surface area contributed by atoms with E-state index in [1.54, 1.807) is 0 Å². The first-order valence-corrected chi connectivity index (χ1v) is 11.1. The van der Waals surface area contributed by atoms with Crippen LogP contribution in [0.15, 0.2) is 48.5 Å². The molecule has 3 rings (SSSR count). The highest BCUT2D eigenvalue weighted by atomic mass is 16.5. The second kappa shape index (κ2) is 10.8. The van der Waals surface area contributed by atoms with E-state index in [1.807, 2.05) is 62.4 Å². The summed E-state index contributed by atoms with van der Waals surface area (Å²) in [7, 11) is 0. The molecule has 0 atom stereocenters. The van der Waals surface area contributed by atoms with Crippen molar-refractivity contribution in [3.05, 3.63) is 48.5 Å². The van der Waals surface area contributed by atoms with Crippen LogP contribution in [-0.4, -0.2) is 25.0 Å². The topological polar surface area (TPSA) is 76.7 Å². The lowest BCUT2D eigenvalue weighted by atomic mass is 9.79. The number of carbonyl (C=O) groups is 2. The van der Waals surface area contributed by atoms with Gasteiger partial charge in [-0.1, -0.05) is 37.1 Å². The third-order valence-electron chi connectivity index (χ3n) is 5.66. The van der Waals surface area contributed by atoms with Crippen LogP contribution in [0.2, 0.25) is 0 Å². The molecule has 2 aromatic carbocycles. The van der Waals surface area contributed by atoms with E-state index in [-0.39, 0.29) is 17.2 Å². The van der Waals surface area contributed by atoms with Gasteiger partial charge in [0, 0.05) is 12.8 Å². The fraction of sp³-hybridized carbons (Fsp3) is 0.440. The Hall–Kier alpha value is -3.02. The van der Waals surface area contributed by atoms with Crippen molar-refractivity contribution in [1.82, 2.24) is 0 Å². The van der Waals surface area contributed by atoms with Crippen molar-refractivity contribution in [2.45, 2.75) is 52.4 Å². The van der Waals surface area contributed by atoms with E-state index in [0.29, 0.717) is 48.9 Å². The SMILES string of the molecule is CCOc1ccccc1NC(=O)CC1(CC(=O)Nc2ccccc2OCC)CCCC1. The van der Waals surface area contributed by atoms with Crippen LogP contribution in [-0.2, 0) is 9.59 Å². The summed E-state index contributed by atoms with van der Waals surface area (Å²) in [6.45, 7) is 4.88. The Labute approximate surface area is 184 Å². The van der Waals surface area contributed by atoms with Crippen LogP contribution < -0.4 is 20.1 Å². The van der Waals surface area contributed by atoms with Crippen molar-refractivity contribution < 1.29 is 19.1 Å². The first-order chi connectivity index (χ1) is 15.0. The van der Waals surface area contributed by atoms with Gasteiger partial charge in [0.15, 0.2) is 0 Å². The van der Waals surface area contributed by atoms with Crippen LogP contribution in [0.3, 0.4) is 0 Å². The average Bonchev–Trinajstić information content (AvgIpc) is 3.18. The zero-order valence-corrected chi connectivity index (χ0v) is 18.4. The molecule has 0 radical (unpaired) electrons. The Kier molecular flexibility index (Phi) is 7.93. The smallest absolute Gasteiger partial charge is 0.225 e. The molecular formula is C25H32N2O4. The summed E-state index contributed by atoms with van der Waals surface area (Å²) in [4.78, 5) is 25.8. The molecule has 0 aliphatic heterocycles. The van der Waals surface area contributed by atoms with Gasteiger partial charge >= 0.3 is 0 Å². The maximum absolute atomic E-state index is 12.9. The first kappa shape index (κ1) is 22.7. The third-order valence-corrected chi connectivity index (χ3v) is 5.66. The molecule has 0 bridgehead atoms. The molecule has 166 valence electrons. The van der Waals surface area contributed by atoms with Crippen LogP contribution in [0, 0.1) is 5.41 Å². The Morgan fingerprint density at radius 3 is 1.61 bits per heavy atom. The second-order valence-corrected chi connectivity index (χ2v) is 8.02. The van der Waals surface area contributed by atoms with Crippen molar-refractivity contribution in [2.75, 3.05) is 23.8 Å². The molecule has 0 unspecified atom stereocenters. The van der Waals surface area contributed by atoms with Gasteiger partial charge in [0.1, 0.15) is 11.5 Å². The fourth-order valence-electron chi connectivity index (χ4n) is 4.31. The quantitative estimate of drug-likeness (QED) is 0.535. The van der Waals surface area contributed by atoms with Gasteiger partial charge in [-0.3, -0.25) is 9.59 Å². The van der Waals surface area contributed by atoms with E-state index in [0.717, 1.165) is 25.7 Å². The minimum Gasteiger partial charge on any atom is -0.492 e. The molecule has 31 heavy (non-hydrogen) atoms. The molecule has 2 N–H and O–H groups in total. The molecule has 0 heterocycles. The summed E-state index contributed by atoms with van der Waals surface area (Å²) >= 11 is 0. The molecule has 1 aliphatic carbocycles. The molecule has 0 aromatic heterocycles. The Morgan fingerprint density at radius 1 is 0.774 bits per heavy atom. The van der Waals surface area contributed by atoms with E-state index >= 15 is 0 Å². The molecule has 2 aromatic rings. The molecule has 1 saturated carbocycles. The van der Waals surface area contributed by atoms with E-state index in [2.05, 4.69) is 10.6 Å². The molecule has 2 amide bonds. The summed E-state index contributed by atoms with van der Waals surface area (Å²) in [5.74, 6) is 1.14. The van der Waals surface area contributed by atoms with Crippen LogP contribution in [0.5, 0.6) is 11.5 Å². The van der Waals surface area contributed by atoms with Crippen molar-refractivity contribution in [1.29, 1.82) is 0 Å². The Balaban J connectivity index is 1.66. The summed E-state index contributed by atoms with van der Waals surface area (Å²) in [5, 5.41) is 5.96. The van der Waals surface area contributed by atoms with Crippen LogP contribution in [0.4, 0.5) is 11.4 Å². The highest BCUT2D eigenvalue weighted by molar-refractivity contribution is 5.95. The summed E-state index contributed by atoms with van der Waals surface area (Å²) in [6, 6.07) is 14.8. The number of ether oxygens (including phenoxy) is 2. The number of nitrogens with one attached hydrogen (secondary N) is 2. The van der Waals surface area contributed by atoms with E-state index in [1.165, 1.54) is 0 Å². The standard InChI is InChI=1S/C25H32N2O4/c1-3-30-21-13-7-5-11-19(21)26-23(28)17-25(15-9-10-16-25)18-24(29)27-20-12-6-8-14-22(20)31-4-2/h5-8,11-14H,3-4,9-10,15-18H2,1-2H3,(H,26,28)(H,27,29). The van der Waals surface area contributed by atoms with Gasteiger partial charge in [0.25, 0.3) is 0 Å². The molecule has 0 saturated heterocycles. The second-order valence-electron chi connectivity index (χ2n) is 8.02. The van der Waals surface area contributed by atoms with Gasteiger partial charge in [-0.2, -0.15) is 0 Å². The highest BCUT2D eigenvalue weighted by Crippen LogP contribution is 2.44. The lowest BCUT2D eigenvalue weighted by Crippen LogP contribution is -2.30. The maximum Gasteiger partial charge on any atom is 0.225 e. The number of para-hydroxylation sites is 4. The normalized spacial score (nSPS) is 14.6. The van der Waals surface area contributed by atoms with Crippen molar-refractivity contribution >= 4 is 23.2 Å². The van der Waals surface area contributed by atoms with E-state index in [9.17, 15) is 9.59 Å². The van der Waals surface area contributed by atoms with Gasteiger partial charge < -0.3 is 20.1 Å². The Bertz CT molecular complexity index is 823. The molecular weight excluding hydrogens is 392 g/mol. The van der Waals surface area contributed by atoms with Crippen LogP contribution in [0.25, 0.3) is 0 Å². The molecule has 6 nitrogen and oxygen atoms in total. The van der Waals surface area contributed by atoms with Crippen molar-refractivity contribution in [3.8, 4) is 11.5 Å². The number of hydrogen-bond acceptors (Lipinski definition) is 4. The minimum absolute atomic E-state index is 0.0865. The summed E-state index contributed by atoms with van der Waals surface area (Å²) < 4.78 is 11.2. The zero-order valence-electron chi connectivity index (χ0n) is 18.4. The number of carbonyl (C=O) groups excluding carboxylic acids is 2. The largest absolute Gasteiger partial charge is 0.492 e. The van der Waals surface area contributed by atoms with Crippen molar-refractivity contribution in [3.63, 3.8) is 0 Å². The monoisotopic (exact) mass is 424 g/mol.